The van der Waals surface area contributed by atoms with E-state index in [1.165, 1.54) is 166 Å². The Morgan fingerprint density at radius 3 is 1.10 bits per heavy atom. The van der Waals surface area contributed by atoms with Crippen LogP contribution in [0.4, 0.5) is 0 Å². The molecule has 0 rings (SSSR count). The molecule has 0 amide bonds. The van der Waals surface area contributed by atoms with Gasteiger partial charge in [-0.3, -0.25) is 11.7 Å². The van der Waals surface area contributed by atoms with Gasteiger partial charge < -0.3 is 14.2 Å². The lowest BCUT2D eigenvalue weighted by molar-refractivity contribution is -0.403. The van der Waals surface area contributed by atoms with E-state index in [2.05, 4.69) is 80.9 Å². The van der Waals surface area contributed by atoms with Gasteiger partial charge in [0.15, 0.2) is 0 Å². The van der Waals surface area contributed by atoms with E-state index in [9.17, 15) is 0 Å². The van der Waals surface area contributed by atoms with Gasteiger partial charge in [0.2, 0.25) is 0 Å². The van der Waals surface area contributed by atoms with Crippen LogP contribution in [0, 0.1) is 16.7 Å². The van der Waals surface area contributed by atoms with E-state index in [1.54, 1.807) is 0 Å². The summed E-state index contributed by atoms with van der Waals surface area (Å²) in [5.74, 6) is 7.44. The van der Waals surface area contributed by atoms with Crippen LogP contribution in [-0.4, -0.2) is 44.3 Å². The Balaban J connectivity index is 0. The molecular formula is C45H97N2O3P. The number of hydrazine groups is 1. The van der Waals surface area contributed by atoms with E-state index in [0.29, 0.717) is 36.6 Å². The fraction of sp³-hybridized carbons (Fsp3) is 1.00. The van der Waals surface area contributed by atoms with Gasteiger partial charge in [0.05, 0.1) is 0 Å². The third-order valence-corrected chi connectivity index (χ3v) is 13.1. The molecule has 0 aromatic heterocycles. The van der Waals surface area contributed by atoms with Crippen LogP contribution in [0.5, 0.6) is 0 Å². The first-order valence-corrected chi connectivity index (χ1v) is 24.3. The molecule has 0 fully saturated rings. The lowest BCUT2D eigenvalue weighted by Gasteiger charge is -2.39. The number of hydrogen-bond acceptors (Lipinski definition) is 5. The molecule has 0 spiro atoms. The minimum Gasteiger partial charge on any atom is -0.328 e. The maximum Gasteiger partial charge on any atom is 0.285 e. The van der Waals surface area contributed by atoms with Crippen molar-refractivity contribution in [1.29, 1.82) is 0 Å². The number of unbranched alkanes of at least 4 members (excludes halogenated alkanes) is 17. The molecular weight excluding hydrogens is 647 g/mol. The number of nitrogens with two attached hydrogens (primary N) is 2. The van der Waals surface area contributed by atoms with Crippen molar-refractivity contribution in [1.82, 2.24) is 0 Å². The van der Waals surface area contributed by atoms with Crippen LogP contribution in [0.2, 0.25) is 0 Å². The Kier molecular flexibility index (Phi) is 37.5. The molecule has 0 aliphatic rings. The monoisotopic (exact) mass is 745 g/mol. The lowest BCUT2D eigenvalue weighted by Crippen LogP contribution is -2.47. The Morgan fingerprint density at radius 2 is 0.725 bits per heavy atom. The van der Waals surface area contributed by atoms with E-state index in [1.807, 2.05) is 0 Å². The molecule has 51 heavy (non-hydrogen) atoms. The summed E-state index contributed by atoms with van der Waals surface area (Å²) in [7, 11) is 0.117. The zero-order valence-electron chi connectivity index (χ0n) is 36.8. The first-order chi connectivity index (χ1) is 24.4. The normalized spacial score (nSPS) is 13.1. The number of ether oxygens (including phenoxy) is 3. The number of hydrogen-bond donors (Lipinski definition) is 2. The third-order valence-electron chi connectivity index (χ3n) is 10.3. The van der Waals surface area contributed by atoms with Crippen LogP contribution in [0.1, 0.15) is 230 Å². The highest BCUT2D eigenvalue weighted by molar-refractivity contribution is 7.57. The maximum absolute atomic E-state index is 6.37. The summed E-state index contributed by atoms with van der Waals surface area (Å²) in [6.07, 6.45) is 38.8. The van der Waals surface area contributed by atoms with Crippen molar-refractivity contribution in [3.8, 4) is 0 Å². The average Bonchev–Trinajstić information content (AvgIpc) is 3.07. The molecule has 5 nitrogen and oxygen atoms in total. The van der Waals surface area contributed by atoms with Crippen molar-refractivity contribution in [2.45, 2.75) is 236 Å². The summed E-state index contributed by atoms with van der Waals surface area (Å²) in [6.45, 7) is 24.7. The van der Waals surface area contributed by atoms with Crippen LogP contribution in [-0.2, 0) is 14.2 Å². The average molecular weight is 745 g/mol. The molecule has 6 heteroatoms. The summed E-state index contributed by atoms with van der Waals surface area (Å²) in [5.41, 5.74) is 0.988. The van der Waals surface area contributed by atoms with Gasteiger partial charge in [0.25, 0.3) is 5.97 Å². The Hall–Kier alpha value is 0.230. The van der Waals surface area contributed by atoms with Crippen molar-refractivity contribution < 1.29 is 14.2 Å². The molecule has 0 radical (unpaired) electrons. The highest BCUT2D eigenvalue weighted by Crippen LogP contribution is 2.42. The van der Waals surface area contributed by atoms with Crippen LogP contribution in [0.3, 0.4) is 0 Å². The lowest BCUT2D eigenvalue weighted by atomic mass is 9.89. The first kappa shape index (κ1) is 53.3. The molecule has 1 atom stereocenters. The summed E-state index contributed by atoms with van der Waals surface area (Å²) in [5, 5.41) is 0. The second-order valence-electron chi connectivity index (χ2n) is 17.7. The SMILES string of the molecule is CCCCCCCCC(CCCP(CCCCCCCCCC(C)(C)C)CCCCCCCCCC(C)(C)C)C(OCC)(OCC)OCC.NN. The van der Waals surface area contributed by atoms with Gasteiger partial charge >= 0.3 is 0 Å². The van der Waals surface area contributed by atoms with Crippen LogP contribution in [0.15, 0.2) is 0 Å². The van der Waals surface area contributed by atoms with Crippen molar-refractivity contribution in [2.75, 3.05) is 38.3 Å². The summed E-state index contributed by atoms with van der Waals surface area (Å²) in [4.78, 5) is 0. The van der Waals surface area contributed by atoms with Crippen molar-refractivity contribution >= 4 is 7.92 Å². The topological polar surface area (TPSA) is 79.7 Å². The van der Waals surface area contributed by atoms with E-state index >= 15 is 0 Å². The maximum atomic E-state index is 6.37. The predicted octanol–water partition coefficient (Wildman–Crippen LogP) is 14.5. The molecule has 0 saturated heterocycles. The van der Waals surface area contributed by atoms with E-state index in [4.69, 9.17) is 14.2 Å². The molecule has 0 saturated carbocycles. The third kappa shape index (κ3) is 34.5. The van der Waals surface area contributed by atoms with Gasteiger partial charge in [0, 0.05) is 25.7 Å². The minimum absolute atomic E-state index is 0.117. The molecule has 4 N–H and O–H groups in total. The molecule has 310 valence electrons. The largest absolute Gasteiger partial charge is 0.328 e. The summed E-state index contributed by atoms with van der Waals surface area (Å²) in [6, 6.07) is 0. The second kappa shape index (κ2) is 35.9. The Labute approximate surface area is 323 Å². The predicted molar refractivity (Wildman–Crippen MR) is 231 cm³/mol. The highest BCUT2D eigenvalue weighted by Gasteiger charge is 2.41. The highest BCUT2D eigenvalue weighted by atomic mass is 31.1. The molecule has 1 unspecified atom stereocenters. The number of rotatable bonds is 36. The van der Waals surface area contributed by atoms with Gasteiger partial charge in [-0.1, -0.05) is 164 Å². The van der Waals surface area contributed by atoms with Gasteiger partial charge in [-0.25, -0.2) is 0 Å². The zero-order chi connectivity index (χ0) is 38.7. The molecule has 0 aliphatic heterocycles. The molecule has 0 heterocycles. The van der Waals surface area contributed by atoms with Crippen LogP contribution < -0.4 is 11.7 Å². The van der Waals surface area contributed by atoms with Gasteiger partial charge in [0.1, 0.15) is 0 Å². The summed E-state index contributed by atoms with van der Waals surface area (Å²) < 4.78 is 19.1. The molecule has 0 aromatic rings. The van der Waals surface area contributed by atoms with Crippen molar-refractivity contribution in [3.05, 3.63) is 0 Å². The van der Waals surface area contributed by atoms with Crippen LogP contribution >= 0.6 is 7.92 Å². The van der Waals surface area contributed by atoms with Crippen LogP contribution in [0.25, 0.3) is 0 Å². The van der Waals surface area contributed by atoms with Gasteiger partial charge in [-0.05, 0) is 95.0 Å². The standard InChI is InChI=1S/C45H93O3P.H4N2/c1-11-15-16-17-24-29-35-42(45(46-12-2,47-13-3)48-14-4)36-34-41-49(39-32-27-22-18-20-25-30-37-43(5,6)7)40-33-28-23-19-21-26-31-38-44(8,9)10;1-2/h42H,11-41H2,1-10H3;1-2H2. The van der Waals surface area contributed by atoms with E-state index in [-0.39, 0.29) is 7.92 Å². The quantitative estimate of drug-likeness (QED) is 0.0219. The smallest absolute Gasteiger partial charge is 0.285 e. The zero-order valence-corrected chi connectivity index (χ0v) is 37.7. The Morgan fingerprint density at radius 1 is 0.412 bits per heavy atom. The minimum atomic E-state index is -0.871. The van der Waals surface area contributed by atoms with E-state index in [0.717, 1.165) is 12.8 Å². The molecule has 0 aromatic carbocycles. The van der Waals surface area contributed by atoms with Crippen molar-refractivity contribution in [3.63, 3.8) is 0 Å². The van der Waals surface area contributed by atoms with Crippen molar-refractivity contribution in [2.24, 2.45) is 28.4 Å². The van der Waals surface area contributed by atoms with E-state index < -0.39 is 5.97 Å². The molecule has 0 aliphatic carbocycles. The fourth-order valence-corrected chi connectivity index (χ4v) is 10.0. The molecule has 0 bridgehead atoms. The second-order valence-corrected chi connectivity index (χ2v) is 20.4. The van der Waals surface area contributed by atoms with Gasteiger partial charge in [-0.2, -0.15) is 0 Å². The Bertz CT molecular complexity index is 645. The van der Waals surface area contributed by atoms with Gasteiger partial charge in [-0.15, -0.1) is 7.92 Å². The fourth-order valence-electron chi connectivity index (χ4n) is 7.40. The first-order valence-electron chi connectivity index (χ1n) is 22.4. The summed E-state index contributed by atoms with van der Waals surface area (Å²) >= 11 is 0.